The molecule has 196 valence electrons. The minimum absolute atomic E-state index is 0.0464. The van der Waals surface area contributed by atoms with Crippen LogP contribution >= 0.6 is 0 Å². The van der Waals surface area contributed by atoms with Crippen molar-refractivity contribution in [2.24, 2.45) is 5.73 Å². The molecule has 1 aromatic heterocycles. The van der Waals surface area contributed by atoms with Crippen molar-refractivity contribution in [2.75, 3.05) is 32.8 Å². The van der Waals surface area contributed by atoms with Gasteiger partial charge in [0.1, 0.15) is 5.60 Å². The predicted molar refractivity (Wildman–Crippen MR) is 141 cm³/mol. The van der Waals surface area contributed by atoms with Gasteiger partial charge in [-0.15, -0.1) is 0 Å². The second-order valence-corrected chi connectivity index (χ2v) is 10.8. The molecule has 5 rings (SSSR count). The number of hydrogen-bond donors (Lipinski definition) is 2. The Morgan fingerprint density at radius 1 is 1.03 bits per heavy atom. The number of carbonyl (C=O) groups excluding carboxylic acids is 3. The monoisotopic (exact) mass is 506 g/mol. The van der Waals surface area contributed by atoms with E-state index in [9.17, 15) is 14.4 Å². The zero-order valence-electron chi connectivity index (χ0n) is 21.6. The van der Waals surface area contributed by atoms with E-state index < -0.39 is 11.5 Å². The number of nitrogens with two attached hydrogens (primary N) is 1. The Labute approximate surface area is 215 Å². The van der Waals surface area contributed by atoms with E-state index in [0.717, 1.165) is 41.1 Å². The summed E-state index contributed by atoms with van der Waals surface area (Å²) in [4.78, 5) is 45.5. The molecule has 3 N–H and O–H groups in total. The number of H-pyrrole nitrogens is 1. The molecule has 1 atom stereocenters. The van der Waals surface area contributed by atoms with Gasteiger partial charge in [-0.1, -0.05) is 6.07 Å². The summed E-state index contributed by atoms with van der Waals surface area (Å²) in [5.41, 5.74) is 8.38. The summed E-state index contributed by atoms with van der Waals surface area (Å²) in [6, 6.07) is 9.13. The summed E-state index contributed by atoms with van der Waals surface area (Å²) in [5.74, 6) is -0.600. The first kappa shape index (κ1) is 25.1. The molecule has 37 heavy (non-hydrogen) atoms. The van der Waals surface area contributed by atoms with Crippen LogP contribution in [0.2, 0.25) is 0 Å². The minimum Gasteiger partial charge on any atom is -0.444 e. The van der Waals surface area contributed by atoms with Gasteiger partial charge >= 0.3 is 6.09 Å². The zero-order valence-corrected chi connectivity index (χ0v) is 21.6. The second kappa shape index (κ2) is 9.70. The topological polar surface area (TPSA) is 118 Å². The number of nitrogens with one attached hydrogen (secondary N) is 1. The summed E-state index contributed by atoms with van der Waals surface area (Å²) in [7, 11) is 0. The minimum atomic E-state index is -0.603. The first-order chi connectivity index (χ1) is 17.6. The van der Waals surface area contributed by atoms with Crippen LogP contribution < -0.4 is 5.73 Å². The van der Waals surface area contributed by atoms with Gasteiger partial charge in [-0.05, 0) is 69.9 Å². The van der Waals surface area contributed by atoms with Gasteiger partial charge in [0.15, 0.2) is 0 Å². The molecule has 9 heteroatoms. The SMILES string of the molecule is CC(C)(C)OC(=O)N1CCCCC1c1cc(C(N)=O)c2[nH]c3cc(C(=O)N4CCOCC4)ccc3c2c1. The lowest BCUT2D eigenvalue weighted by molar-refractivity contribution is 0.00951. The van der Waals surface area contributed by atoms with Crippen molar-refractivity contribution in [3.63, 3.8) is 0 Å². The lowest BCUT2D eigenvalue weighted by atomic mass is 9.92. The molecule has 1 unspecified atom stereocenters. The predicted octanol–water partition coefficient (Wildman–Crippen LogP) is 4.35. The van der Waals surface area contributed by atoms with Crippen molar-refractivity contribution < 1.29 is 23.9 Å². The number of fused-ring (bicyclic) bond motifs is 3. The molecule has 2 fully saturated rings. The molecule has 0 bridgehead atoms. The number of aromatic nitrogens is 1. The Hall–Kier alpha value is -3.59. The number of carbonyl (C=O) groups is 3. The third-order valence-corrected chi connectivity index (χ3v) is 7.06. The number of rotatable bonds is 3. The fourth-order valence-electron chi connectivity index (χ4n) is 5.31. The molecular formula is C28H34N4O5. The van der Waals surface area contributed by atoms with Gasteiger partial charge in [0, 0.05) is 41.5 Å². The maximum atomic E-state index is 13.0. The normalized spacial score (nSPS) is 18.8. The number of nitrogens with zero attached hydrogens (tertiary/aromatic N) is 2. The van der Waals surface area contributed by atoms with E-state index in [1.807, 2.05) is 45.0 Å². The first-order valence-electron chi connectivity index (χ1n) is 12.9. The van der Waals surface area contributed by atoms with E-state index in [1.54, 1.807) is 15.9 Å². The van der Waals surface area contributed by atoms with Crippen LogP contribution in [0.3, 0.4) is 0 Å². The summed E-state index contributed by atoms with van der Waals surface area (Å²) in [6.45, 7) is 8.34. The Morgan fingerprint density at radius 2 is 1.78 bits per heavy atom. The van der Waals surface area contributed by atoms with Gasteiger partial charge < -0.3 is 30.0 Å². The Morgan fingerprint density at radius 3 is 2.49 bits per heavy atom. The number of primary amides is 1. The van der Waals surface area contributed by atoms with Gasteiger partial charge in [-0.25, -0.2) is 4.79 Å². The fourth-order valence-corrected chi connectivity index (χ4v) is 5.31. The van der Waals surface area contributed by atoms with Crippen LogP contribution in [0.5, 0.6) is 0 Å². The van der Waals surface area contributed by atoms with Gasteiger partial charge in [0.25, 0.3) is 11.8 Å². The largest absolute Gasteiger partial charge is 0.444 e. The summed E-state index contributed by atoms with van der Waals surface area (Å²) < 4.78 is 11.0. The highest BCUT2D eigenvalue weighted by Crippen LogP contribution is 2.37. The number of likely N-dealkylation sites (tertiary alicyclic amines) is 1. The average Bonchev–Trinajstić information content (AvgIpc) is 3.24. The van der Waals surface area contributed by atoms with Crippen LogP contribution in [0.25, 0.3) is 21.8 Å². The van der Waals surface area contributed by atoms with E-state index in [1.165, 1.54) is 0 Å². The van der Waals surface area contributed by atoms with Crippen LogP contribution in [-0.2, 0) is 9.47 Å². The third kappa shape index (κ3) is 5.00. The van der Waals surface area contributed by atoms with E-state index in [4.69, 9.17) is 15.2 Å². The van der Waals surface area contributed by atoms with Crippen LogP contribution in [0.4, 0.5) is 4.79 Å². The number of benzene rings is 2. The lowest BCUT2D eigenvalue weighted by Crippen LogP contribution is -2.41. The molecular weight excluding hydrogens is 472 g/mol. The molecule has 0 aliphatic carbocycles. The highest BCUT2D eigenvalue weighted by molar-refractivity contribution is 6.16. The van der Waals surface area contributed by atoms with Gasteiger partial charge in [-0.3, -0.25) is 9.59 Å². The smallest absolute Gasteiger partial charge is 0.410 e. The highest BCUT2D eigenvalue weighted by atomic mass is 16.6. The van der Waals surface area contributed by atoms with Gasteiger partial charge in [0.2, 0.25) is 0 Å². The number of morpholine rings is 1. The number of hydrogen-bond acceptors (Lipinski definition) is 5. The van der Waals surface area contributed by atoms with Crippen LogP contribution in [0, 0.1) is 0 Å². The Kier molecular flexibility index (Phi) is 6.58. The van der Waals surface area contributed by atoms with E-state index >= 15 is 0 Å². The van der Waals surface area contributed by atoms with Crippen molar-refractivity contribution in [3.8, 4) is 0 Å². The summed E-state index contributed by atoms with van der Waals surface area (Å²) in [6.07, 6.45) is 2.27. The van der Waals surface area contributed by atoms with Crippen molar-refractivity contribution in [3.05, 3.63) is 47.0 Å². The second-order valence-electron chi connectivity index (χ2n) is 10.8. The van der Waals surface area contributed by atoms with Gasteiger partial charge in [0.05, 0.1) is 30.3 Å². The standard InChI is InChI=1S/C28H34N4O5/c1-28(2,3)37-27(35)32-9-5-4-6-23(32)18-14-20-19-8-7-17(26(34)31-10-12-36-13-11-31)16-22(19)30-24(20)21(15-18)25(29)33/h7-8,14-16,23,30H,4-6,9-13H2,1-3H3,(H2,29,33). The van der Waals surface area contributed by atoms with Crippen LogP contribution in [-0.4, -0.2) is 71.1 Å². The molecule has 2 aliphatic heterocycles. The maximum absolute atomic E-state index is 13.0. The van der Waals surface area contributed by atoms with Gasteiger partial charge in [-0.2, -0.15) is 0 Å². The van der Waals surface area contributed by atoms with Crippen molar-refractivity contribution >= 4 is 39.7 Å². The molecule has 2 aromatic carbocycles. The van der Waals surface area contributed by atoms with Crippen LogP contribution in [0.1, 0.15) is 72.4 Å². The maximum Gasteiger partial charge on any atom is 0.410 e. The molecule has 3 amide bonds. The molecule has 3 aromatic rings. The molecule has 2 saturated heterocycles. The fraction of sp³-hybridized carbons (Fsp3) is 0.464. The van der Waals surface area contributed by atoms with E-state index in [-0.39, 0.29) is 18.0 Å². The van der Waals surface area contributed by atoms with Crippen LogP contribution in [0.15, 0.2) is 30.3 Å². The third-order valence-electron chi connectivity index (χ3n) is 7.06. The molecule has 9 nitrogen and oxygen atoms in total. The highest BCUT2D eigenvalue weighted by Gasteiger charge is 2.32. The molecule has 0 saturated carbocycles. The number of ether oxygens (including phenoxy) is 2. The number of aromatic amines is 1. The number of piperidine rings is 1. The summed E-state index contributed by atoms with van der Waals surface area (Å²) >= 11 is 0. The average molecular weight is 507 g/mol. The van der Waals surface area contributed by atoms with E-state index in [2.05, 4.69) is 4.98 Å². The van der Waals surface area contributed by atoms with Crippen molar-refractivity contribution in [2.45, 2.75) is 51.7 Å². The molecule has 0 radical (unpaired) electrons. The quantitative estimate of drug-likeness (QED) is 0.547. The molecule has 0 spiro atoms. The molecule has 2 aliphatic rings. The number of amides is 3. The zero-order chi connectivity index (χ0) is 26.3. The van der Waals surface area contributed by atoms with Crippen molar-refractivity contribution in [1.82, 2.24) is 14.8 Å². The van der Waals surface area contributed by atoms with E-state index in [0.29, 0.717) is 49.5 Å². The molecule has 3 heterocycles. The lowest BCUT2D eigenvalue weighted by Gasteiger charge is -2.37. The Bertz CT molecular complexity index is 1370. The Balaban J connectivity index is 1.56. The van der Waals surface area contributed by atoms with Crippen molar-refractivity contribution in [1.29, 1.82) is 0 Å². The summed E-state index contributed by atoms with van der Waals surface area (Å²) in [5, 5.41) is 1.72. The first-order valence-corrected chi connectivity index (χ1v) is 12.9.